The summed E-state index contributed by atoms with van der Waals surface area (Å²) in [4.78, 5) is 0. The average Bonchev–Trinajstić information content (AvgIpc) is 2.39. The molecule has 1 aromatic carbocycles. The predicted octanol–water partition coefficient (Wildman–Crippen LogP) is 3.09. The first-order valence-corrected chi connectivity index (χ1v) is 7.20. The number of benzene rings is 1. The molecule has 0 saturated carbocycles. The van der Waals surface area contributed by atoms with E-state index in [0.717, 1.165) is 18.5 Å². The van der Waals surface area contributed by atoms with Gasteiger partial charge in [-0.05, 0) is 50.9 Å². The molecule has 1 saturated heterocycles. The van der Waals surface area contributed by atoms with Gasteiger partial charge in [0.2, 0.25) is 0 Å². The van der Waals surface area contributed by atoms with Crippen molar-refractivity contribution in [3.8, 4) is 5.75 Å². The maximum absolute atomic E-state index is 10.8. The minimum absolute atomic E-state index is 0.354. The fourth-order valence-corrected chi connectivity index (χ4v) is 2.96. The molecule has 1 aliphatic heterocycles. The van der Waals surface area contributed by atoms with Gasteiger partial charge in [-0.1, -0.05) is 18.0 Å². The molecular formula is C15H22ClNO2. The Morgan fingerprint density at radius 2 is 2.26 bits per heavy atom. The average molecular weight is 284 g/mol. The third kappa shape index (κ3) is 3.62. The Morgan fingerprint density at radius 3 is 2.89 bits per heavy atom. The van der Waals surface area contributed by atoms with E-state index in [4.69, 9.17) is 16.3 Å². The number of hydrogen-bond donors (Lipinski definition) is 2. The highest BCUT2D eigenvalue weighted by Gasteiger charge is 2.31. The lowest BCUT2D eigenvalue weighted by molar-refractivity contribution is 0.0310. The van der Waals surface area contributed by atoms with Crippen LogP contribution in [0.25, 0.3) is 0 Å². The molecule has 1 fully saturated rings. The van der Waals surface area contributed by atoms with Crippen LogP contribution in [0, 0.1) is 0 Å². The molecule has 2 rings (SSSR count). The Balaban J connectivity index is 2.19. The largest absolute Gasteiger partial charge is 0.496 e. The highest BCUT2D eigenvalue weighted by molar-refractivity contribution is 6.30. The number of methoxy groups -OCH3 is 1. The first kappa shape index (κ1) is 14.6. The van der Waals surface area contributed by atoms with Crippen LogP contribution in [0.3, 0.4) is 0 Å². The van der Waals surface area contributed by atoms with Crippen molar-refractivity contribution in [1.82, 2.24) is 5.32 Å². The fraction of sp³-hybridized carbons (Fsp3) is 0.600. The number of nitrogens with one attached hydrogen (secondary N) is 1. The van der Waals surface area contributed by atoms with Crippen molar-refractivity contribution in [1.29, 1.82) is 0 Å². The smallest absolute Gasteiger partial charge is 0.125 e. The minimum Gasteiger partial charge on any atom is -0.496 e. The van der Waals surface area contributed by atoms with Gasteiger partial charge in [0.1, 0.15) is 5.75 Å². The van der Waals surface area contributed by atoms with Gasteiger partial charge in [-0.2, -0.15) is 0 Å². The summed E-state index contributed by atoms with van der Waals surface area (Å²) >= 11 is 6.04. The number of halogens is 1. The lowest BCUT2D eigenvalue weighted by atomic mass is 9.86. The van der Waals surface area contributed by atoms with Crippen LogP contribution in [0.5, 0.6) is 5.75 Å². The second-order valence-corrected chi connectivity index (χ2v) is 5.91. The van der Waals surface area contributed by atoms with Crippen molar-refractivity contribution in [2.75, 3.05) is 13.7 Å². The normalized spacial score (nSPS) is 22.8. The van der Waals surface area contributed by atoms with E-state index in [1.54, 1.807) is 25.3 Å². The van der Waals surface area contributed by atoms with Crippen LogP contribution in [0.4, 0.5) is 0 Å². The number of aliphatic hydroxyl groups is 1. The van der Waals surface area contributed by atoms with Gasteiger partial charge in [-0.15, -0.1) is 0 Å². The highest BCUT2D eigenvalue weighted by Crippen LogP contribution is 2.36. The zero-order valence-corrected chi connectivity index (χ0v) is 12.3. The van der Waals surface area contributed by atoms with E-state index in [1.165, 1.54) is 12.8 Å². The van der Waals surface area contributed by atoms with Crippen molar-refractivity contribution in [3.63, 3.8) is 0 Å². The molecule has 1 aliphatic rings. The van der Waals surface area contributed by atoms with E-state index in [2.05, 4.69) is 5.32 Å². The molecule has 1 aromatic rings. The number of rotatable bonds is 4. The van der Waals surface area contributed by atoms with Crippen molar-refractivity contribution >= 4 is 11.6 Å². The molecule has 0 bridgehead atoms. The Hall–Kier alpha value is -0.770. The van der Waals surface area contributed by atoms with E-state index in [1.807, 2.05) is 6.92 Å². The molecule has 0 spiro atoms. The molecular weight excluding hydrogens is 262 g/mol. The molecule has 4 heteroatoms. The van der Waals surface area contributed by atoms with Gasteiger partial charge in [0.15, 0.2) is 0 Å². The second-order valence-electron chi connectivity index (χ2n) is 5.47. The highest BCUT2D eigenvalue weighted by atomic mass is 35.5. The van der Waals surface area contributed by atoms with Crippen LogP contribution in [0.2, 0.25) is 5.02 Å². The number of hydrogen-bond acceptors (Lipinski definition) is 3. The lowest BCUT2D eigenvalue weighted by Gasteiger charge is -2.32. The van der Waals surface area contributed by atoms with Gasteiger partial charge < -0.3 is 15.2 Å². The summed E-state index contributed by atoms with van der Waals surface area (Å²) in [6.45, 7) is 2.87. The third-order valence-corrected chi connectivity index (χ3v) is 4.03. The molecule has 0 radical (unpaired) electrons. The molecule has 2 N–H and O–H groups in total. The van der Waals surface area contributed by atoms with Crippen LogP contribution in [0.1, 0.15) is 38.2 Å². The quantitative estimate of drug-likeness (QED) is 0.892. The first-order valence-electron chi connectivity index (χ1n) is 6.83. The molecule has 1 heterocycles. The van der Waals surface area contributed by atoms with Crippen molar-refractivity contribution < 1.29 is 9.84 Å². The molecule has 2 atom stereocenters. The van der Waals surface area contributed by atoms with Gasteiger partial charge >= 0.3 is 0 Å². The Morgan fingerprint density at radius 1 is 1.47 bits per heavy atom. The number of piperidine rings is 1. The predicted molar refractivity (Wildman–Crippen MR) is 77.8 cm³/mol. The zero-order chi connectivity index (χ0) is 13.9. The van der Waals surface area contributed by atoms with Crippen molar-refractivity contribution in [3.05, 3.63) is 28.8 Å². The van der Waals surface area contributed by atoms with E-state index >= 15 is 0 Å². The third-order valence-electron chi connectivity index (χ3n) is 3.80. The fourth-order valence-electron chi connectivity index (χ4n) is 2.79. The molecule has 0 amide bonds. The lowest BCUT2D eigenvalue weighted by Crippen LogP contribution is -2.39. The van der Waals surface area contributed by atoms with Crippen molar-refractivity contribution in [2.24, 2.45) is 0 Å². The summed E-state index contributed by atoms with van der Waals surface area (Å²) in [6.07, 6.45) is 4.22. The standard InChI is InChI=1S/C15H22ClNO2/c1-15(18,10-12-5-3-4-8-17-12)13-9-11(16)6-7-14(13)19-2/h6-7,9,12,17-18H,3-5,8,10H2,1-2H3. The molecule has 19 heavy (non-hydrogen) atoms. The van der Waals surface area contributed by atoms with Gasteiger partial charge in [-0.3, -0.25) is 0 Å². The molecule has 0 aliphatic carbocycles. The molecule has 2 unspecified atom stereocenters. The Labute approximate surface area is 119 Å². The SMILES string of the molecule is COc1ccc(Cl)cc1C(C)(O)CC1CCCCN1. The minimum atomic E-state index is -0.939. The van der Waals surface area contributed by atoms with Gasteiger partial charge in [0, 0.05) is 16.6 Å². The summed E-state index contributed by atoms with van der Waals surface area (Å²) in [5.74, 6) is 0.685. The van der Waals surface area contributed by atoms with E-state index in [-0.39, 0.29) is 0 Å². The van der Waals surface area contributed by atoms with E-state index in [0.29, 0.717) is 23.2 Å². The topological polar surface area (TPSA) is 41.5 Å². The van der Waals surface area contributed by atoms with Crippen LogP contribution < -0.4 is 10.1 Å². The van der Waals surface area contributed by atoms with Crippen LogP contribution in [-0.4, -0.2) is 24.8 Å². The Kier molecular flexibility index (Phi) is 4.71. The Bertz CT molecular complexity index is 428. The van der Waals surface area contributed by atoms with Crippen molar-refractivity contribution in [2.45, 2.75) is 44.2 Å². The van der Waals surface area contributed by atoms with Crippen LogP contribution >= 0.6 is 11.6 Å². The summed E-state index contributed by atoms with van der Waals surface area (Å²) in [6, 6.07) is 5.73. The van der Waals surface area contributed by atoms with E-state index < -0.39 is 5.60 Å². The van der Waals surface area contributed by atoms with Crippen LogP contribution in [0.15, 0.2) is 18.2 Å². The van der Waals surface area contributed by atoms with Gasteiger partial charge in [0.05, 0.1) is 12.7 Å². The first-order chi connectivity index (χ1) is 9.03. The molecule has 0 aromatic heterocycles. The molecule has 106 valence electrons. The van der Waals surface area contributed by atoms with Gasteiger partial charge in [0.25, 0.3) is 0 Å². The maximum atomic E-state index is 10.8. The summed E-state index contributed by atoms with van der Waals surface area (Å²) in [7, 11) is 1.61. The summed E-state index contributed by atoms with van der Waals surface area (Å²) in [5.41, 5.74) is -0.180. The van der Waals surface area contributed by atoms with E-state index in [9.17, 15) is 5.11 Å². The molecule has 3 nitrogen and oxygen atoms in total. The summed E-state index contributed by atoms with van der Waals surface area (Å²) < 4.78 is 5.34. The van der Waals surface area contributed by atoms with Crippen LogP contribution in [-0.2, 0) is 5.60 Å². The maximum Gasteiger partial charge on any atom is 0.125 e. The summed E-state index contributed by atoms with van der Waals surface area (Å²) in [5, 5.41) is 14.9. The number of ether oxygens (including phenoxy) is 1. The van der Waals surface area contributed by atoms with Gasteiger partial charge in [-0.25, -0.2) is 0 Å². The monoisotopic (exact) mass is 283 g/mol. The zero-order valence-electron chi connectivity index (χ0n) is 11.6. The second kappa shape index (κ2) is 6.12.